The van der Waals surface area contributed by atoms with E-state index in [1.807, 2.05) is 19.1 Å². The number of nitrogens with two attached hydrogens (primary N) is 1. The number of carbonyl (C=O) groups excluding carboxylic acids is 1. The van der Waals surface area contributed by atoms with Crippen molar-refractivity contribution in [2.24, 2.45) is 0 Å². The van der Waals surface area contributed by atoms with Crippen molar-refractivity contribution in [3.8, 4) is 0 Å². The lowest BCUT2D eigenvalue weighted by Gasteiger charge is -2.31. The molecule has 0 saturated heterocycles. The molecule has 0 aliphatic heterocycles. The molecule has 1 rings (SSSR count). The predicted octanol–water partition coefficient (Wildman–Crippen LogP) is 3.42. The lowest BCUT2D eigenvalue weighted by atomic mass is 10.1. The maximum Gasteiger partial charge on any atom is 0.253 e. The van der Waals surface area contributed by atoms with Crippen LogP contribution in [-0.4, -0.2) is 25.0 Å². The van der Waals surface area contributed by atoms with E-state index >= 15 is 0 Å². The smallest absolute Gasteiger partial charge is 0.253 e. The number of hydrogen-bond donors (Lipinski definition) is 2. The predicted molar refractivity (Wildman–Crippen MR) is 90.9 cm³/mol. The van der Waals surface area contributed by atoms with Crippen LogP contribution in [-0.2, 0) is 0 Å². The third-order valence-electron chi connectivity index (χ3n) is 3.54. The van der Waals surface area contributed by atoms with Gasteiger partial charge in [0.2, 0.25) is 0 Å². The minimum absolute atomic E-state index is 0.0337. The maximum absolute atomic E-state index is 12.3. The molecule has 0 spiro atoms. The first kappa shape index (κ1) is 17.3. The molecule has 0 bridgehead atoms. The van der Waals surface area contributed by atoms with Gasteiger partial charge in [-0.2, -0.15) is 0 Å². The number of rotatable bonds is 8. The molecule has 0 heterocycles. The van der Waals surface area contributed by atoms with Gasteiger partial charge in [0.15, 0.2) is 0 Å². The molecular weight excluding hydrogens is 262 g/mol. The zero-order valence-electron chi connectivity index (χ0n) is 13.8. The average molecular weight is 291 g/mol. The largest absolute Gasteiger partial charge is 0.399 e. The van der Waals surface area contributed by atoms with Crippen molar-refractivity contribution in [3.63, 3.8) is 0 Å². The Morgan fingerprint density at radius 1 is 1.29 bits per heavy atom. The molecule has 118 valence electrons. The summed E-state index contributed by atoms with van der Waals surface area (Å²) >= 11 is 0. The van der Waals surface area contributed by atoms with E-state index in [1.54, 1.807) is 6.07 Å². The summed E-state index contributed by atoms with van der Waals surface area (Å²) < 4.78 is 0. The van der Waals surface area contributed by atoms with Crippen LogP contribution >= 0.6 is 0 Å². The number of amides is 1. The minimum atomic E-state index is -0.0337. The fourth-order valence-electron chi connectivity index (χ4n) is 2.42. The van der Waals surface area contributed by atoms with Gasteiger partial charge in [0.05, 0.1) is 11.3 Å². The summed E-state index contributed by atoms with van der Waals surface area (Å²) in [6.45, 7) is 9.99. The Labute approximate surface area is 128 Å². The topological polar surface area (TPSA) is 58.4 Å². The molecule has 0 aliphatic carbocycles. The van der Waals surface area contributed by atoms with Crippen LogP contribution < -0.4 is 16.0 Å². The van der Waals surface area contributed by atoms with Gasteiger partial charge >= 0.3 is 0 Å². The summed E-state index contributed by atoms with van der Waals surface area (Å²) in [6.07, 6.45) is 3.51. The molecule has 1 amide bonds. The van der Waals surface area contributed by atoms with Crippen molar-refractivity contribution >= 4 is 17.3 Å². The molecule has 0 unspecified atom stereocenters. The Balaban J connectivity index is 3.09. The van der Waals surface area contributed by atoms with Gasteiger partial charge in [-0.3, -0.25) is 4.79 Å². The monoisotopic (exact) mass is 291 g/mol. The molecule has 0 fully saturated rings. The lowest BCUT2D eigenvalue weighted by Crippen LogP contribution is -2.34. The molecule has 1 aromatic carbocycles. The summed E-state index contributed by atoms with van der Waals surface area (Å²) in [6, 6.07) is 5.86. The first-order chi connectivity index (χ1) is 10.0. The van der Waals surface area contributed by atoms with Crippen LogP contribution in [0.2, 0.25) is 0 Å². The van der Waals surface area contributed by atoms with Crippen molar-refractivity contribution < 1.29 is 4.79 Å². The van der Waals surface area contributed by atoms with Gasteiger partial charge in [-0.25, -0.2) is 0 Å². The van der Waals surface area contributed by atoms with Gasteiger partial charge in [-0.15, -0.1) is 0 Å². The summed E-state index contributed by atoms with van der Waals surface area (Å²) in [5, 5.41) is 2.88. The van der Waals surface area contributed by atoms with E-state index < -0.39 is 0 Å². The van der Waals surface area contributed by atoms with E-state index in [0.717, 1.165) is 18.7 Å². The molecule has 0 saturated carbocycles. The molecular formula is C17H29N3O. The number of nitrogen functional groups attached to an aromatic ring is 1. The normalized spacial score (nSPS) is 10.7. The Hall–Kier alpha value is -1.71. The minimum Gasteiger partial charge on any atom is -0.399 e. The fraction of sp³-hybridized carbons (Fsp3) is 0.588. The second kappa shape index (κ2) is 8.55. The number of benzene rings is 1. The van der Waals surface area contributed by atoms with Crippen molar-refractivity contribution in [2.45, 2.75) is 53.0 Å². The van der Waals surface area contributed by atoms with Crippen LogP contribution in [0.1, 0.15) is 57.3 Å². The number of anilines is 2. The Kier molecular flexibility index (Phi) is 7.06. The molecule has 4 nitrogen and oxygen atoms in total. The number of carbonyl (C=O) groups is 1. The first-order valence-corrected chi connectivity index (χ1v) is 7.95. The van der Waals surface area contributed by atoms with E-state index in [9.17, 15) is 4.79 Å². The quantitative estimate of drug-likeness (QED) is 0.570. The second-order valence-corrected chi connectivity index (χ2v) is 5.63. The van der Waals surface area contributed by atoms with Gasteiger partial charge in [-0.1, -0.05) is 19.8 Å². The lowest BCUT2D eigenvalue weighted by molar-refractivity contribution is 0.0956. The summed E-state index contributed by atoms with van der Waals surface area (Å²) in [5.74, 6) is -0.0337. The van der Waals surface area contributed by atoms with Crippen LogP contribution in [0.15, 0.2) is 18.2 Å². The van der Waals surface area contributed by atoms with Gasteiger partial charge in [-0.05, 0) is 45.4 Å². The fourth-order valence-corrected chi connectivity index (χ4v) is 2.42. The van der Waals surface area contributed by atoms with Crippen LogP contribution in [0.25, 0.3) is 0 Å². The van der Waals surface area contributed by atoms with Gasteiger partial charge in [0.1, 0.15) is 0 Å². The first-order valence-electron chi connectivity index (χ1n) is 7.95. The zero-order chi connectivity index (χ0) is 15.8. The second-order valence-electron chi connectivity index (χ2n) is 5.63. The van der Waals surface area contributed by atoms with Crippen LogP contribution in [0.5, 0.6) is 0 Å². The number of nitrogens with zero attached hydrogens (tertiary/aromatic N) is 1. The highest BCUT2D eigenvalue weighted by Gasteiger charge is 2.18. The average Bonchev–Trinajstić information content (AvgIpc) is 2.43. The highest BCUT2D eigenvalue weighted by Crippen LogP contribution is 2.26. The molecule has 21 heavy (non-hydrogen) atoms. The third kappa shape index (κ3) is 4.96. The summed E-state index contributed by atoms with van der Waals surface area (Å²) in [5.41, 5.74) is 8.27. The van der Waals surface area contributed by atoms with Crippen molar-refractivity contribution in [2.75, 3.05) is 23.7 Å². The van der Waals surface area contributed by atoms with Crippen molar-refractivity contribution in [1.82, 2.24) is 5.32 Å². The van der Waals surface area contributed by atoms with Crippen molar-refractivity contribution in [3.05, 3.63) is 23.8 Å². The highest BCUT2D eigenvalue weighted by atomic mass is 16.1. The van der Waals surface area contributed by atoms with Gasteiger partial charge in [0, 0.05) is 24.8 Å². The number of nitrogens with one attached hydrogen (secondary N) is 1. The third-order valence-corrected chi connectivity index (χ3v) is 3.54. The molecule has 0 aromatic heterocycles. The van der Waals surface area contributed by atoms with E-state index in [-0.39, 0.29) is 5.91 Å². The Morgan fingerprint density at radius 2 is 2.00 bits per heavy atom. The zero-order valence-corrected chi connectivity index (χ0v) is 13.8. The Bertz CT molecular complexity index is 457. The van der Waals surface area contributed by atoms with E-state index in [4.69, 9.17) is 5.73 Å². The van der Waals surface area contributed by atoms with Crippen LogP contribution in [0.3, 0.4) is 0 Å². The summed E-state index contributed by atoms with van der Waals surface area (Å²) in [4.78, 5) is 14.5. The van der Waals surface area contributed by atoms with Crippen LogP contribution in [0.4, 0.5) is 11.4 Å². The van der Waals surface area contributed by atoms with Gasteiger partial charge < -0.3 is 16.0 Å². The molecule has 0 atom stereocenters. The van der Waals surface area contributed by atoms with Crippen LogP contribution in [0, 0.1) is 0 Å². The summed E-state index contributed by atoms with van der Waals surface area (Å²) in [7, 11) is 0. The SMILES string of the molecule is CCCCCN(c1cc(N)ccc1C(=O)NCC)C(C)C. The molecule has 0 radical (unpaired) electrons. The van der Waals surface area contributed by atoms with E-state index in [1.165, 1.54) is 12.8 Å². The van der Waals surface area contributed by atoms with Gasteiger partial charge in [0.25, 0.3) is 5.91 Å². The van der Waals surface area contributed by atoms with E-state index in [2.05, 4.69) is 31.0 Å². The molecule has 0 aliphatic rings. The number of unbranched alkanes of at least 4 members (excludes halogenated alkanes) is 2. The van der Waals surface area contributed by atoms with E-state index in [0.29, 0.717) is 23.8 Å². The Morgan fingerprint density at radius 3 is 2.57 bits per heavy atom. The highest BCUT2D eigenvalue weighted by molar-refractivity contribution is 6.00. The molecule has 1 aromatic rings. The molecule has 4 heteroatoms. The number of hydrogen-bond acceptors (Lipinski definition) is 3. The maximum atomic E-state index is 12.3. The molecule has 3 N–H and O–H groups in total. The standard InChI is InChI=1S/C17H29N3O/c1-5-7-8-11-20(13(3)4)16-12-14(18)9-10-15(16)17(21)19-6-2/h9-10,12-13H,5-8,11,18H2,1-4H3,(H,19,21). The van der Waals surface area contributed by atoms with Crippen molar-refractivity contribution in [1.29, 1.82) is 0 Å².